The van der Waals surface area contributed by atoms with E-state index >= 15 is 0 Å². The summed E-state index contributed by atoms with van der Waals surface area (Å²) in [6.07, 6.45) is 8.71. The van der Waals surface area contributed by atoms with Crippen LogP contribution in [0.4, 0.5) is 10.5 Å². The maximum atomic E-state index is 14.1. The highest BCUT2D eigenvalue weighted by molar-refractivity contribution is 5.89. The maximum Gasteiger partial charge on any atom is 0.411 e. The van der Waals surface area contributed by atoms with E-state index in [0.717, 1.165) is 71.9 Å². The van der Waals surface area contributed by atoms with Crippen LogP contribution in [0.15, 0.2) is 53.3 Å². The minimum absolute atomic E-state index is 0.0516. The van der Waals surface area contributed by atoms with Crippen molar-refractivity contribution in [2.45, 2.75) is 128 Å². The number of anilines is 1. The van der Waals surface area contributed by atoms with Crippen LogP contribution in [0.25, 0.3) is 22.3 Å². The molecule has 3 fully saturated rings. The summed E-state index contributed by atoms with van der Waals surface area (Å²) >= 11 is 0. The summed E-state index contributed by atoms with van der Waals surface area (Å²) < 4.78 is 19.6. The predicted octanol–water partition coefficient (Wildman–Crippen LogP) is 8.09. The SMILES string of the molecule is CC[C@@]1(OCc2ccc(NC(=O)OC3CCC[C@@H](OOC4CC5CC(C)CC(C5)C4)C3)cc2)C(=O)OCc2c1cc1n(c2=O)Cc2cc3c(CN(C)C)c(O)ccc3nc2-1. The van der Waals surface area contributed by atoms with E-state index in [1.165, 1.54) is 19.3 Å². The van der Waals surface area contributed by atoms with Crippen molar-refractivity contribution in [1.82, 2.24) is 14.5 Å². The molecule has 0 saturated heterocycles. The molecule has 13 heteroatoms. The lowest BCUT2D eigenvalue weighted by Gasteiger charge is -2.41. The van der Waals surface area contributed by atoms with Crippen LogP contribution in [-0.4, -0.2) is 64.0 Å². The number of pyridine rings is 2. The van der Waals surface area contributed by atoms with E-state index < -0.39 is 17.7 Å². The number of aromatic hydroxyl groups is 1. The number of carbonyl (C=O) groups excluding carboxylic acids is 2. The topological polar surface area (TPSA) is 151 Å². The molecule has 5 aliphatic rings. The first-order valence-corrected chi connectivity index (χ1v) is 21.7. The molecule has 3 saturated carbocycles. The number of cyclic esters (lactones) is 1. The Hall–Kier alpha value is -4.82. The van der Waals surface area contributed by atoms with E-state index in [4.69, 9.17) is 29.0 Å². The van der Waals surface area contributed by atoms with Gasteiger partial charge in [-0.3, -0.25) is 10.1 Å². The van der Waals surface area contributed by atoms with Crippen LogP contribution in [0.2, 0.25) is 0 Å². The molecule has 2 bridgehead atoms. The van der Waals surface area contributed by atoms with Gasteiger partial charge in [0.25, 0.3) is 5.56 Å². The molecule has 3 unspecified atom stereocenters. The Morgan fingerprint density at radius 2 is 1.72 bits per heavy atom. The number of amides is 1. The van der Waals surface area contributed by atoms with E-state index in [1.807, 2.05) is 50.2 Å². The number of rotatable bonds is 11. The second kappa shape index (κ2) is 16.6. The highest BCUT2D eigenvalue weighted by Crippen LogP contribution is 2.44. The van der Waals surface area contributed by atoms with Gasteiger partial charge in [-0.05, 0) is 132 Å². The molecular weight excluding hydrogens is 765 g/mol. The van der Waals surface area contributed by atoms with E-state index in [-0.39, 0.29) is 49.3 Å². The predicted molar refractivity (Wildman–Crippen MR) is 224 cm³/mol. The lowest BCUT2D eigenvalue weighted by atomic mass is 9.68. The number of ether oxygens (including phenoxy) is 3. The van der Waals surface area contributed by atoms with Crippen LogP contribution in [-0.2, 0) is 60.7 Å². The Balaban J connectivity index is 0.841. The van der Waals surface area contributed by atoms with Crippen molar-refractivity contribution in [2.24, 2.45) is 17.8 Å². The number of carbonyl (C=O) groups is 2. The average Bonchev–Trinajstić information content (AvgIpc) is 3.58. The van der Waals surface area contributed by atoms with E-state index in [1.54, 1.807) is 28.8 Å². The molecule has 3 aliphatic carbocycles. The average molecular weight is 821 g/mol. The van der Waals surface area contributed by atoms with Gasteiger partial charge in [-0.25, -0.2) is 24.3 Å². The van der Waals surface area contributed by atoms with Crippen molar-refractivity contribution < 1.29 is 38.7 Å². The van der Waals surface area contributed by atoms with Gasteiger partial charge in [-0.15, -0.1) is 0 Å². The Morgan fingerprint density at radius 1 is 0.967 bits per heavy atom. The molecule has 4 heterocycles. The molecule has 9 rings (SSSR count). The largest absolute Gasteiger partial charge is 0.508 e. The molecule has 60 heavy (non-hydrogen) atoms. The van der Waals surface area contributed by atoms with Crippen LogP contribution in [0.3, 0.4) is 0 Å². The second-order valence-corrected chi connectivity index (χ2v) is 18.2. The summed E-state index contributed by atoms with van der Waals surface area (Å²) in [6.45, 7) is 4.95. The number of nitrogens with one attached hydrogen (secondary N) is 1. The number of nitrogens with zero attached hydrogens (tertiary/aromatic N) is 3. The lowest BCUT2D eigenvalue weighted by molar-refractivity contribution is -0.364. The summed E-state index contributed by atoms with van der Waals surface area (Å²) in [5.41, 5.74) is 4.01. The number of esters is 1. The van der Waals surface area contributed by atoms with Crippen molar-refractivity contribution in [2.75, 3.05) is 19.4 Å². The van der Waals surface area contributed by atoms with Gasteiger partial charge in [-0.1, -0.05) is 26.0 Å². The molecule has 1 amide bonds. The molecule has 0 radical (unpaired) electrons. The summed E-state index contributed by atoms with van der Waals surface area (Å²) in [7, 11) is 3.88. The number of hydrogen-bond donors (Lipinski definition) is 2. The van der Waals surface area contributed by atoms with Crippen molar-refractivity contribution in [3.8, 4) is 17.1 Å². The molecule has 13 nitrogen and oxygen atoms in total. The van der Waals surface area contributed by atoms with Crippen LogP contribution < -0.4 is 10.9 Å². The summed E-state index contributed by atoms with van der Waals surface area (Å²) in [5, 5.41) is 14.4. The van der Waals surface area contributed by atoms with Gasteiger partial charge in [0.05, 0.1) is 47.8 Å². The standard InChI is InChI=1S/C47H56N4O9/c1-5-47(39-22-41-43-31(23-51(41)44(53)38(39)26-56-45(47)54)20-36-37(24-50(3)4)42(52)14-13-40(36)49-43)57-25-28-9-11-32(12-10-28)48-46(55)58-33-7-6-8-34(21-33)59-60-35-18-29-15-27(2)16-30(17-29)19-35/h9-14,20,22,27,29-30,33-35,52H,5-8,15-19,21,23-26H2,1-4H3,(H,48,55)/t27?,29?,30?,33?,34-,35?,47+/m1/s1. The van der Waals surface area contributed by atoms with Crippen molar-refractivity contribution in [3.05, 3.63) is 86.7 Å². The molecule has 2 aromatic carbocycles. The van der Waals surface area contributed by atoms with Gasteiger partial charge in [0.15, 0.2) is 5.60 Å². The highest BCUT2D eigenvalue weighted by atomic mass is 17.2. The first kappa shape index (κ1) is 40.6. The summed E-state index contributed by atoms with van der Waals surface area (Å²) in [6, 6.07) is 14.5. The lowest BCUT2D eigenvalue weighted by Crippen LogP contribution is -2.46. The third kappa shape index (κ3) is 7.92. The van der Waals surface area contributed by atoms with Gasteiger partial charge in [0.1, 0.15) is 18.5 Å². The number of aromatic nitrogens is 2. The monoisotopic (exact) mass is 820 g/mol. The van der Waals surface area contributed by atoms with Crippen LogP contribution >= 0.6 is 0 Å². The zero-order valence-corrected chi connectivity index (χ0v) is 35.0. The normalized spacial score (nSPS) is 26.9. The third-order valence-corrected chi connectivity index (χ3v) is 13.4. The van der Waals surface area contributed by atoms with Crippen molar-refractivity contribution >= 4 is 28.7 Å². The summed E-state index contributed by atoms with van der Waals surface area (Å²) in [4.78, 5) is 59.7. The molecule has 5 atom stereocenters. The van der Waals surface area contributed by atoms with E-state index in [2.05, 4.69) is 12.2 Å². The fraction of sp³-hybridized carbons (Fsp3) is 0.532. The van der Waals surface area contributed by atoms with Crippen molar-refractivity contribution in [1.29, 1.82) is 0 Å². The minimum atomic E-state index is -1.52. The summed E-state index contributed by atoms with van der Waals surface area (Å²) in [5.74, 6) is 1.93. The Bertz CT molecular complexity index is 2330. The van der Waals surface area contributed by atoms with Gasteiger partial charge < -0.3 is 28.8 Å². The van der Waals surface area contributed by atoms with E-state index in [0.29, 0.717) is 53.2 Å². The quantitative estimate of drug-likeness (QED) is 0.0756. The zero-order valence-electron chi connectivity index (χ0n) is 35.0. The van der Waals surface area contributed by atoms with Gasteiger partial charge >= 0.3 is 12.1 Å². The Kier molecular flexibility index (Phi) is 11.2. The third-order valence-electron chi connectivity index (χ3n) is 13.4. The smallest absolute Gasteiger partial charge is 0.411 e. The molecule has 2 aliphatic heterocycles. The molecule has 0 spiro atoms. The number of benzene rings is 2. The maximum absolute atomic E-state index is 14.1. The molecule has 318 valence electrons. The van der Waals surface area contributed by atoms with Gasteiger partial charge in [0, 0.05) is 40.7 Å². The van der Waals surface area contributed by atoms with Crippen LogP contribution in [0.1, 0.15) is 106 Å². The van der Waals surface area contributed by atoms with Crippen LogP contribution in [0.5, 0.6) is 5.75 Å². The molecule has 2 N–H and O–H groups in total. The fourth-order valence-corrected chi connectivity index (χ4v) is 10.7. The minimum Gasteiger partial charge on any atom is -0.508 e. The van der Waals surface area contributed by atoms with E-state index in [9.17, 15) is 19.5 Å². The zero-order chi connectivity index (χ0) is 41.7. The van der Waals surface area contributed by atoms with Crippen molar-refractivity contribution in [3.63, 3.8) is 0 Å². The van der Waals surface area contributed by atoms with Gasteiger partial charge in [-0.2, -0.15) is 0 Å². The van der Waals surface area contributed by atoms with Crippen LogP contribution in [0, 0.1) is 17.8 Å². The number of phenols is 1. The first-order chi connectivity index (χ1) is 29.0. The van der Waals surface area contributed by atoms with Gasteiger partial charge in [0.2, 0.25) is 0 Å². The first-order valence-electron chi connectivity index (χ1n) is 21.7. The number of phenolic OH excluding ortho intramolecular Hbond substituents is 1. The Morgan fingerprint density at radius 3 is 2.47 bits per heavy atom. The molecule has 4 aromatic rings. The molecular formula is C47H56N4O9. The molecule has 2 aromatic heterocycles. The highest BCUT2D eigenvalue weighted by Gasteiger charge is 2.48. The fourth-order valence-electron chi connectivity index (χ4n) is 10.7. The Labute approximate surface area is 350 Å². The number of hydrogen-bond acceptors (Lipinski definition) is 11. The number of fused-ring (bicyclic) bond motifs is 7. The second-order valence-electron chi connectivity index (χ2n) is 18.2.